The Kier molecular flexibility index (Phi) is 5.24. The monoisotopic (exact) mass is 304 g/mol. The SMILES string of the molecule is CCNC(=S)N1CC[NH+](Cc2ccc(Cl)s2)CC1. The lowest BCUT2D eigenvalue weighted by atomic mass is 10.3. The molecule has 0 atom stereocenters. The smallest absolute Gasteiger partial charge is 0.169 e. The number of quaternary nitrogens is 1. The number of rotatable bonds is 3. The second kappa shape index (κ2) is 6.70. The van der Waals surface area contributed by atoms with Crippen LogP contribution in [-0.4, -0.2) is 42.7 Å². The van der Waals surface area contributed by atoms with Crippen LogP contribution < -0.4 is 10.2 Å². The molecule has 0 unspecified atom stereocenters. The zero-order chi connectivity index (χ0) is 13.0. The van der Waals surface area contributed by atoms with Gasteiger partial charge in [-0.25, -0.2) is 0 Å². The third-order valence-corrected chi connectivity index (χ3v) is 4.77. The molecule has 0 aliphatic carbocycles. The molecule has 1 aromatic heterocycles. The number of thiocarbonyl (C=S) groups is 1. The Bertz CT molecular complexity index is 400. The maximum absolute atomic E-state index is 5.95. The van der Waals surface area contributed by atoms with E-state index in [2.05, 4.69) is 23.2 Å². The zero-order valence-corrected chi connectivity index (χ0v) is 12.9. The molecule has 2 heterocycles. The van der Waals surface area contributed by atoms with E-state index in [4.69, 9.17) is 23.8 Å². The van der Waals surface area contributed by atoms with Gasteiger partial charge in [0.05, 0.1) is 35.4 Å². The van der Waals surface area contributed by atoms with Gasteiger partial charge >= 0.3 is 0 Å². The number of nitrogens with one attached hydrogen (secondary N) is 2. The summed E-state index contributed by atoms with van der Waals surface area (Å²) in [5.74, 6) is 0. The lowest BCUT2D eigenvalue weighted by molar-refractivity contribution is -0.917. The van der Waals surface area contributed by atoms with Crippen LogP contribution in [0, 0.1) is 0 Å². The van der Waals surface area contributed by atoms with Gasteiger partial charge in [-0.15, -0.1) is 11.3 Å². The van der Waals surface area contributed by atoms with Gasteiger partial charge in [-0.2, -0.15) is 0 Å². The summed E-state index contributed by atoms with van der Waals surface area (Å²) in [6.07, 6.45) is 0. The van der Waals surface area contributed by atoms with Crippen LogP contribution in [0.1, 0.15) is 11.8 Å². The van der Waals surface area contributed by atoms with Crippen LogP contribution in [0.15, 0.2) is 12.1 Å². The van der Waals surface area contributed by atoms with Crippen LogP contribution in [0.4, 0.5) is 0 Å². The lowest BCUT2D eigenvalue weighted by Gasteiger charge is -2.33. The molecule has 0 radical (unpaired) electrons. The van der Waals surface area contributed by atoms with Gasteiger partial charge < -0.3 is 15.1 Å². The normalized spacial score (nSPS) is 16.9. The highest BCUT2D eigenvalue weighted by Gasteiger charge is 2.21. The molecule has 0 bridgehead atoms. The molecule has 2 rings (SSSR count). The predicted molar refractivity (Wildman–Crippen MR) is 81.6 cm³/mol. The van der Waals surface area contributed by atoms with Crippen molar-refractivity contribution in [3.05, 3.63) is 21.3 Å². The maximum Gasteiger partial charge on any atom is 0.169 e. The zero-order valence-electron chi connectivity index (χ0n) is 10.5. The summed E-state index contributed by atoms with van der Waals surface area (Å²) in [4.78, 5) is 5.26. The quantitative estimate of drug-likeness (QED) is 0.813. The van der Waals surface area contributed by atoms with Crippen molar-refractivity contribution in [1.29, 1.82) is 0 Å². The molecule has 1 aromatic rings. The fraction of sp³-hybridized carbons (Fsp3) is 0.583. The first kappa shape index (κ1) is 14.1. The molecule has 0 amide bonds. The van der Waals surface area contributed by atoms with Crippen molar-refractivity contribution >= 4 is 40.3 Å². The van der Waals surface area contributed by atoms with Crippen LogP contribution >= 0.6 is 35.2 Å². The summed E-state index contributed by atoms with van der Waals surface area (Å²) in [6, 6.07) is 4.12. The molecule has 0 spiro atoms. The molecule has 6 heteroatoms. The Labute approximate surface area is 123 Å². The summed E-state index contributed by atoms with van der Waals surface area (Å²) in [7, 11) is 0. The molecule has 0 saturated carbocycles. The molecule has 2 N–H and O–H groups in total. The molecular weight excluding hydrogens is 286 g/mol. The van der Waals surface area contributed by atoms with E-state index in [9.17, 15) is 0 Å². The van der Waals surface area contributed by atoms with E-state index in [0.29, 0.717) is 0 Å². The van der Waals surface area contributed by atoms with Gasteiger partial charge in [0, 0.05) is 6.54 Å². The molecule has 100 valence electrons. The minimum absolute atomic E-state index is 0.886. The number of nitrogens with zero attached hydrogens (tertiary/aromatic N) is 1. The van der Waals surface area contributed by atoms with Crippen molar-refractivity contribution < 1.29 is 4.90 Å². The minimum atomic E-state index is 0.886. The van der Waals surface area contributed by atoms with Gasteiger partial charge in [0.25, 0.3) is 0 Å². The van der Waals surface area contributed by atoms with E-state index in [0.717, 1.165) is 48.7 Å². The van der Waals surface area contributed by atoms with Gasteiger partial charge in [-0.1, -0.05) is 11.6 Å². The minimum Gasteiger partial charge on any atom is -0.363 e. The van der Waals surface area contributed by atoms with Crippen molar-refractivity contribution in [3.8, 4) is 0 Å². The largest absolute Gasteiger partial charge is 0.363 e. The van der Waals surface area contributed by atoms with E-state index in [1.165, 1.54) is 4.88 Å². The van der Waals surface area contributed by atoms with Crippen LogP contribution in [0.3, 0.4) is 0 Å². The predicted octanol–water partition coefficient (Wildman–Crippen LogP) is 0.996. The third-order valence-electron chi connectivity index (χ3n) is 3.14. The third kappa shape index (κ3) is 3.82. The second-order valence-corrected chi connectivity index (χ2v) is 6.64. The van der Waals surface area contributed by atoms with E-state index in [1.54, 1.807) is 16.2 Å². The van der Waals surface area contributed by atoms with Gasteiger partial charge in [0.2, 0.25) is 0 Å². The Morgan fingerprint density at radius 2 is 2.22 bits per heavy atom. The Morgan fingerprint density at radius 1 is 1.50 bits per heavy atom. The average Bonchev–Trinajstić information content (AvgIpc) is 2.76. The van der Waals surface area contributed by atoms with E-state index in [1.807, 2.05) is 6.07 Å². The summed E-state index contributed by atoms with van der Waals surface area (Å²) < 4.78 is 0.886. The molecule has 0 aromatic carbocycles. The van der Waals surface area contributed by atoms with Crippen LogP contribution in [0.25, 0.3) is 0 Å². The number of piperazine rings is 1. The summed E-state index contributed by atoms with van der Waals surface area (Å²) in [5, 5.41) is 4.11. The van der Waals surface area contributed by atoms with Crippen molar-refractivity contribution in [3.63, 3.8) is 0 Å². The van der Waals surface area contributed by atoms with E-state index < -0.39 is 0 Å². The summed E-state index contributed by atoms with van der Waals surface area (Å²) in [6.45, 7) is 8.43. The Morgan fingerprint density at radius 3 is 2.78 bits per heavy atom. The molecule has 1 fully saturated rings. The summed E-state index contributed by atoms with van der Waals surface area (Å²) in [5.41, 5.74) is 0. The van der Waals surface area contributed by atoms with Gasteiger partial charge in [0.15, 0.2) is 5.11 Å². The first-order valence-corrected chi connectivity index (χ1v) is 7.90. The average molecular weight is 305 g/mol. The molecule has 1 aliphatic heterocycles. The van der Waals surface area contributed by atoms with Crippen LogP contribution in [0.5, 0.6) is 0 Å². The molecule has 1 aliphatic rings. The number of thiophene rings is 1. The standard InChI is InChI=1S/C12H18ClN3S2/c1-2-14-12(17)16-7-5-15(6-8-16)9-10-3-4-11(13)18-10/h3-4H,2,5-9H2,1H3,(H,14,17)/p+1. The van der Waals surface area contributed by atoms with E-state index >= 15 is 0 Å². The number of halogens is 1. The molecule has 1 saturated heterocycles. The first-order chi connectivity index (χ1) is 8.69. The highest BCUT2D eigenvalue weighted by Crippen LogP contribution is 2.20. The van der Waals surface area contributed by atoms with Crippen molar-refractivity contribution in [1.82, 2.24) is 10.2 Å². The first-order valence-electron chi connectivity index (χ1n) is 6.29. The Balaban J connectivity index is 1.78. The lowest BCUT2D eigenvalue weighted by Crippen LogP contribution is -3.13. The molecule has 3 nitrogen and oxygen atoms in total. The number of hydrogen-bond donors (Lipinski definition) is 2. The molecule has 18 heavy (non-hydrogen) atoms. The van der Waals surface area contributed by atoms with E-state index in [-0.39, 0.29) is 0 Å². The second-order valence-electron chi connectivity index (χ2n) is 4.46. The maximum atomic E-state index is 5.95. The van der Waals surface area contributed by atoms with Gasteiger partial charge in [0.1, 0.15) is 6.54 Å². The van der Waals surface area contributed by atoms with Crippen molar-refractivity contribution in [2.24, 2.45) is 0 Å². The van der Waals surface area contributed by atoms with Gasteiger partial charge in [-0.05, 0) is 31.3 Å². The van der Waals surface area contributed by atoms with Crippen molar-refractivity contribution in [2.45, 2.75) is 13.5 Å². The topological polar surface area (TPSA) is 19.7 Å². The fourth-order valence-electron chi connectivity index (χ4n) is 2.16. The summed E-state index contributed by atoms with van der Waals surface area (Å²) >= 11 is 13.0. The number of hydrogen-bond acceptors (Lipinski definition) is 2. The van der Waals surface area contributed by atoms with Crippen LogP contribution in [0.2, 0.25) is 4.34 Å². The Hall–Kier alpha value is -0.360. The highest BCUT2D eigenvalue weighted by molar-refractivity contribution is 7.80. The van der Waals surface area contributed by atoms with Crippen molar-refractivity contribution in [2.75, 3.05) is 32.7 Å². The van der Waals surface area contributed by atoms with Crippen LogP contribution in [-0.2, 0) is 6.54 Å². The van der Waals surface area contributed by atoms with Gasteiger partial charge in [-0.3, -0.25) is 0 Å². The highest BCUT2D eigenvalue weighted by atomic mass is 35.5. The fourth-order valence-corrected chi connectivity index (χ4v) is 3.65. The molecular formula is C12H19ClN3S2+.